The summed E-state index contributed by atoms with van der Waals surface area (Å²) in [5.41, 5.74) is 0.699. The van der Waals surface area contributed by atoms with Gasteiger partial charge in [0.05, 0.1) is 3.79 Å². The summed E-state index contributed by atoms with van der Waals surface area (Å²) in [7, 11) is -3.60. The maximum Gasteiger partial charge on any atom is 0.273 e. The Kier molecular flexibility index (Phi) is 3.45. The Morgan fingerprint density at radius 3 is 2.71 bits per heavy atom. The van der Waals surface area contributed by atoms with Gasteiger partial charge in [-0.2, -0.15) is 0 Å². The molecule has 0 saturated heterocycles. The molecule has 0 aliphatic rings. The van der Waals surface area contributed by atoms with E-state index in [-0.39, 0.29) is 10.2 Å². The molecule has 2 aromatic heterocycles. The first-order valence-electron chi connectivity index (χ1n) is 4.55. The van der Waals surface area contributed by atoms with Gasteiger partial charge in [0.25, 0.3) is 10.0 Å². The van der Waals surface area contributed by atoms with E-state index in [1.165, 1.54) is 12.3 Å². The van der Waals surface area contributed by atoms with Crippen LogP contribution in [0.25, 0.3) is 0 Å². The van der Waals surface area contributed by atoms with E-state index < -0.39 is 10.0 Å². The number of anilines is 1. The highest BCUT2D eigenvalue weighted by Crippen LogP contribution is 2.26. The van der Waals surface area contributed by atoms with E-state index in [0.717, 1.165) is 15.1 Å². The number of rotatable bonds is 3. The van der Waals surface area contributed by atoms with Crippen LogP contribution in [0.5, 0.6) is 0 Å². The normalized spacial score (nSPS) is 11.4. The minimum atomic E-state index is -3.60. The van der Waals surface area contributed by atoms with Crippen molar-refractivity contribution in [2.75, 3.05) is 4.72 Å². The van der Waals surface area contributed by atoms with Crippen molar-refractivity contribution in [1.29, 1.82) is 0 Å². The van der Waals surface area contributed by atoms with Gasteiger partial charge < -0.3 is 0 Å². The van der Waals surface area contributed by atoms with Crippen LogP contribution in [0.4, 0.5) is 5.95 Å². The molecular formula is C9H8BrN3O2S2. The second kappa shape index (κ2) is 4.71. The van der Waals surface area contributed by atoms with Crippen LogP contribution in [0.15, 0.2) is 32.4 Å². The van der Waals surface area contributed by atoms with Gasteiger partial charge in [-0.3, -0.25) is 0 Å². The van der Waals surface area contributed by atoms with Gasteiger partial charge >= 0.3 is 0 Å². The highest BCUT2D eigenvalue weighted by atomic mass is 79.9. The van der Waals surface area contributed by atoms with Gasteiger partial charge in [-0.1, -0.05) is 0 Å². The van der Waals surface area contributed by atoms with Gasteiger partial charge in [-0.25, -0.2) is 23.1 Å². The fraction of sp³-hybridized carbons (Fsp3) is 0.111. The van der Waals surface area contributed by atoms with Crippen molar-refractivity contribution in [3.8, 4) is 0 Å². The molecule has 0 aromatic carbocycles. The van der Waals surface area contributed by atoms with E-state index in [1.54, 1.807) is 19.1 Å². The number of hydrogen-bond acceptors (Lipinski definition) is 5. The predicted molar refractivity (Wildman–Crippen MR) is 69.6 cm³/mol. The topological polar surface area (TPSA) is 72.0 Å². The van der Waals surface area contributed by atoms with Crippen LogP contribution in [-0.4, -0.2) is 18.4 Å². The largest absolute Gasteiger partial charge is 0.273 e. The van der Waals surface area contributed by atoms with E-state index in [9.17, 15) is 8.42 Å². The molecule has 0 atom stereocenters. The summed E-state index contributed by atoms with van der Waals surface area (Å²) in [4.78, 5) is 7.83. The van der Waals surface area contributed by atoms with Crippen LogP contribution in [0, 0.1) is 6.92 Å². The molecule has 0 spiro atoms. The van der Waals surface area contributed by atoms with Crippen molar-refractivity contribution in [1.82, 2.24) is 9.97 Å². The Morgan fingerprint density at radius 2 is 2.12 bits per heavy atom. The lowest BCUT2D eigenvalue weighted by atomic mass is 10.5. The van der Waals surface area contributed by atoms with Crippen LogP contribution in [0.1, 0.15) is 5.69 Å². The Morgan fingerprint density at radius 1 is 1.35 bits per heavy atom. The first kappa shape index (κ1) is 12.5. The molecule has 2 aromatic rings. The van der Waals surface area contributed by atoms with Crippen molar-refractivity contribution in [3.05, 3.63) is 33.9 Å². The summed E-state index contributed by atoms with van der Waals surface area (Å²) in [5.74, 6) is 0.0783. The number of aromatic nitrogens is 2. The van der Waals surface area contributed by atoms with Crippen molar-refractivity contribution >= 4 is 43.2 Å². The molecule has 2 rings (SSSR count). The van der Waals surface area contributed by atoms with Crippen LogP contribution < -0.4 is 4.72 Å². The average molecular weight is 334 g/mol. The molecule has 5 nitrogen and oxygen atoms in total. The predicted octanol–water partition coefficient (Wildman–Crippen LogP) is 2.41. The number of halogens is 1. The van der Waals surface area contributed by atoms with E-state index in [1.807, 2.05) is 0 Å². The molecule has 0 aliphatic carbocycles. The summed E-state index contributed by atoms with van der Waals surface area (Å²) >= 11 is 4.35. The van der Waals surface area contributed by atoms with E-state index in [2.05, 4.69) is 30.6 Å². The zero-order valence-electron chi connectivity index (χ0n) is 8.71. The highest BCUT2D eigenvalue weighted by molar-refractivity contribution is 9.11. The lowest BCUT2D eigenvalue weighted by molar-refractivity contribution is 0.602. The number of nitrogens with zero attached hydrogens (tertiary/aromatic N) is 2. The SMILES string of the molecule is Cc1ccnc(NS(=O)(=O)c2ccc(Br)s2)n1. The van der Waals surface area contributed by atoms with Crippen LogP contribution in [0.2, 0.25) is 0 Å². The molecular weight excluding hydrogens is 326 g/mol. The van der Waals surface area contributed by atoms with Gasteiger partial charge in [0, 0.05) is 11.9 Å². The number of nitrogens with one attached hydrogen (secondary N) is 1. The van der Waals surface area contributed by atoms with Crippen molar-refractivity contribution in [2.45, 2.75) is 11.1 Å². The fourth-order valence-electron chi connectivity index (χ4n) is 1.11. The van der Waals surface area contributed by atoms with E-state index >= 15 is 0 Å². The molecule has 90 valence electrons. The third kappa shape index (κ3) is 3.02. The van der Waals surface area contributed by atoms with E-state index in [0.29, 0.717) is 5.69 Å². The first-order chi connectivity index (χ1) is 7.97. The smallest absolute Gasteiger partial charge is 0.247 e. The molecule has 0 aliphatic heterocycles. The summed E-state index contributed by atoms with van der Waals surface area (Å²) < 4.78 is 27.1. The lowest BCUT2D eigenvalue weighted by Gasteiger charge is -2.04. The molecule has 0 amide bonds. The average Bonchev–Trinajstić information content (AvgIpc) is 2.65. The van der Waals surface area contributed by atoms with Crippen LogP contribution in [0.3, 0.4) is 0 Å². The maximum absolute atomic E-state index is 11.9. The number of aryl methyl sites for hydroxylation is 1. The Hall–Kier alpha value is -0.990. The molecule has 8 heteroatoms. The third-order valence-corrected chi connectivity index (χ3v) is 5.28. The minimum absolute atomic E-state index is 0.0783. The molecule has 0 unspecified atom stereocenters. The zero-order chi connectivity index (χ0) is 12.5. The zero-order valence-corrected chi connectivity index (χ0v) is 11.9. The Balaban J connectivity index is 2.29. The van der Waals surface area contributed by atoms with Gasteiger partial charge in [-0.05, 0) is 41.1 Å². The lowest BCUT2D eigenvalue weighted by Crippen LogP contribution is -2.13. The summed E-state index contributed by atoms with van der Waals surface area (Å²) in [6, 6.07) is 4.89. The third-order valence-electron chi connectivity index (χ3n) is 1.83. The minimum Gasteiger partial charge on any atom is -0.247 e. The Labute approximate surface area is 111 Å². The molecule has 1 N–H and O–H groups in total. The van der Waals surface area contributed by atoms with Gasteiger partial charge in [-0.15, -0.1) is 11.3 Å². The van der Waals surface area contributed by atoms with Crippen LogP contribution in [-0.2, 0) is 10.0 Å². The molecule has 0 fully saturated rings. The second-order valence-electron chi connectivity index (χ2n) is 3.19. The number of hydrogen-bond donors (Lipinski definition) is 1. The summed E-state index contributed by atoms with van der Waals surface area (Å²) in [5, 5.41) is 0. The molecule has 0 bridgehead atoms. The molecule has 0 saturated carbocycles. The first-order valence-corrected chi connectivity index (χ1v) is 7.64. The van der Waals surface area contributed by atoms with Crippen molar-refractivity contribution in [2.24, 2.45) is 0 Å². The number of thiophene rings is 1. The molecule has 0 radical (unpaired) electrons. The highest BCUT2D eigenvalue weighted by Gasteiger charge is 2.17. The monoisotopic (exact) mass is 333 g/mol. The van der Waals surface area contributed by atoms with E-state index in [4.69, 9.17) is 0 Å². The fourth-order valence-corrected chi connectivity index (χ4v) is 4.07. The molecule has 2 heterocycles. The van der Waals surface area contributed by atoms with Crippen molar-refractivity contribution < 1.29 is 8.42 Å². The Bertz CT molecular complexity index is 639. The van der Waals surface area contributed by atoms with Gasteiger partial charge in [0.15, 0.2) is 0 Å². The number of sulfonamides is 1. The van der Waals surface area contributed by atoms with Gasteiger partial charge in [0.2, 0.25) is 5.95 Å². The standard InChI is InChI=1S/C9H8BrN3O2S2/c1-6-4-5-11-9(12-6)13-17(14,15)8-3-2-7(10)16-8/h2-5H,1H3,(H,11,12,13). The maximum atomic E-state index is 11.9. The van der Waals surface area contributed by atoms with Crippen molar-refractivity contribution in [3.63, 3.8) is 0 Å². The second-order valence-corrected chi connectivity index (χ2v) is 7.56. The van der Waals surface area contributed by atoms with Crippen LogP contribution >= 0.6 is 27.3 Å². The molecule has 17 heavy (non-hydrogen) atoms. The quantitative estimate of drug-likeness (QED) is 0.936. The summed E-state index contributed by atoms with van der Waals surface area (Å²) in [6.07, 6.45) is 1.50. The van der Waals surface area contributed by atoms with Gasteiger partial charge in [0.1, 0.15) is 4.21 Å². The summed E-state index contributed by atoms with van der Waals surface area (Å²) in [6.45, 7) is 1.77.